The van der Waals surface area contributed by atoms with Crippen molar-refractivity contribution in [2.45, 2.75) is 118 Å². The highest BCUT2D eigenvalue weighted by molar-refractivity contribution is 6.22. The predicted octanol–water partition coefficient (Wildman–Crippen LogP) is 10.3. The topological polar surface area (TPSA) is 98.6 Å². The molecule has 0 aromatic heterocycles. The van der Waals surface area contributed by atoms with Gasteiger partial charge in [0.05, 0.1) is 11.7 Å². The molecule has 256 valence electrons. The zero-order valence-electron chi connectivity index (χ0n) is 29.6. The number of carboxylic acid groups (broad SMARTS) is 1. The third-order valence-electron chi connectivity index (χ3n) is 13.9. The molecule has 5 nitrogen and oxygen atoms in total. The molecule has 0 radical (unpaired) electrons. The van der Waals surface area contributed by atoms with Crippen LogP contribution in [0.1, 0.15) is 123 Å². The second-order valence-electron chi connectivity index (χ2n) is 17.0. The first-order valence-electron chi connectivity index (χ1n) is 18.8. The van der Waals surface area contributed by atoms with E-state index in [4.69, 9.17) is 16.2 Å². The second kappa shape index (κ2) is 13.5. The minimum atomic E-state index is -1.02. The highest BCUT2D eigenvalue weighted by Crippen LogP contribution is 2.68. The molecule has 47 heavy (non-hydrogen) atoms. The van der Waals surface area contributed by atoms with Gasteiger partial charge >= 0.3 is 5.97 Å². The largest absolute Gasteiger partial charge is 0.490 e. The number of carboxylic acids is 1. The number of aliphatic carboxylic acids is 1. The SMILES string of the molecule is CC(C)CCC[C@@H](C)[C@H]1CC[C@H]2[C@@H]3CCC4CC(Oc5ccc(C=C(C(=O)O)c6ccc(N)cc6N)cc5)CC[C@]4(C)[C@H]3CC[C@]12C. The number of rotatable bonds is 10. The molecule has 0 bridgehead atoms. The molecular formula is C42H60N2O3. The molecule has 5 heteroatoms. The van der Waals surface area contributed by atoms with Crippen LogP contribution in [0.15, 0.2) is 42.5 Å². The van der Waals surface area contributed by atoms with E-state index in [0.717, 1.165) is 65.6 Å². The number of hydrogen-bond donors (Lipinski definition) is 3. The summed E-state index contributed by atoms with van der Waals surface area (Å²) >= 11 is 0. The summed E-state index contributed by atoms with van der Waals surface area (Å²) in [6.45, 7) is 12.7. The van der Waals surface area contributed by atoms with Crippen LogP contribution in [0, 0.1) is 52.3 Å². The number of hydrogen-bond acceptors (Lipinski definition) is 4. The van der Waals surface area contributed by atoms with E-state index in [2.05, 4.69) is 34.6 Å². The van der Waals surface area contributed by atoms with E-state index in [0.29, 0.717) is 27.8 Å². The number of anilines is 2. The molecule has 2 unspecified atom stereocenters. The van der Waals surface area contributed by atoms with Gasteiger partial charge in [-0.05, 0) is 152 Å². The van der Waals surface area contributed by atoms with Crippen molar-refractivity contribution >= 4 is 29.0 Å². The molecule has 0 amide bonds. The number of ether oxygens (including phenoxy) is 1. The van der Waals surface area contributed by atoms with Crippen molar-refractivity contribution in [2.24, 2.45) is 52.3 Å². The fourth-order valence-corrected chi connectivity index (χ4v) is 11.4. The average Bonchev–Trinajstić information content (AvgIpc) is 3.38. The van der Waals surface area contributed by atoms with Gasteiger partial charge < -0.3 is 21.3 Å². The summed E-state index contributed by atoms with van der Waals surface area (Å²) in [7, 11) is 0. The van der Waals surface area contributed by atoms with Gasteiger partial charge in [-0.25, -0.2) is 4.79 Å². The minimum Gasteiger partial charge on any atom is -0.490 e. The minimum absolute atomic E-state index is 0.144. The molecule has 0 heterocycles. The van der Waals surface area contributed by atoms with Crippen LogP contribution in [0.2, 0.25) is 0 Å². The van der Waals surface area contributed by atoms with Crippen molar-refractivity contribution in [1.29, 1.82) is 0 Å². The average molecular weight is 641 g/mol. The lowest BCUT2D eigenvalue weighted by Crippen LogP contribution is -2.54. The number of benzene rings is 2. The van der Waals surface area contributed by atoms with Crippen LogP contribution < -0.4 is 16.2 Å². The van der Waals surface area contributed by atoms with Crippen LogP contribution >= 0.6 is 0 Å². The van der Waals surface area contributed by atoms with E-state index in [-0.39, 0.29) is 11.7 Å². The van der Waals surface area contributed by atoms with Crippen LogP contribution in [0.5, 0.6) is 5.75 Å². The maximum atomic E-state index is 12.1. The molecule has 2 aromatic carbocycles. The molecule has 2 aromatic rings. The van der Waals surface area contributed by atoms with E-state index >= 15 is 0 Å². The summed E-state index contributed by atoms with van der Waals surface area (Å²) in [5.74, 6) is 5.91. The van der Waals surface area contributed by atoms with Gasteiger partial charge in [0.2, 0.25) is 0 Å². The van der Waals surface area contributed by atoms with Crippen molar-refractivity contribution in [2.75, 3.05) is 11.5 Å². The maximum absolute atomic E-state index is 12.1. The van der Waals surface area contributed by atoms with Crippen LogP contribution in [-0.4, -0.2) is 17.2 Å². The molecule has 0 spiro atoms. The van der Waals surface area contributed by atoms with Gasteiger partial charge in [0.25, 0.3) is 0 Å². The van der Waals surface area contributed by atoms with Gasteiger partial charge in [-0.15, -0.1) is 0 Å². The first-order chi connectivity index (χ1) is 22.4. The van der Waals surface area contributed by atoms with Crippen LogP contribution in [-0.2, 0) is 4.79 Å². The Morgan fingerprint density at radius 1 is 0.915 bits per heavy atom. The van der Waals surface area contributed by atoms with Crippen molar-refractivity contribution < 1.29 is 14.6 Å². The van der Waals surface area contributed by atoms with Crippen molar-refractivity contribution in [1.82, 2.24) is 0 Å². The van der Waals surface area contributed by atoms with E-state index in [1.54, 1.807) is 24.3 Å². The van der Waals surface area contributed by atoms with Crippen LogP contribution in [0.3, 0.4) is 0 Å². The normalized spacial score (nSPS) is 34.3. The molecule has 5 N–H and O–H groups in total. The zero-order chi connectivity index (χ0) is 33.5. The Morgan fingerprint density at radius 2 is 1.64 bits per heavy atom. The predicted molar refractivity (Wildman–Crippen MR) is 195 cm³/mol. The summed E-state index contributed by atoms with van der Waals surface area (Å²) in [4.78, 5) is 12.1. The summed E-state index contributed by atoms with van der Waals surface area (Å²) in [6.07, 6.45) is 18.2. The van der Waals surface area contributed by atoms with Gasteiger partial charge in [-0.2, -0.15) is 0 Å². The number of carbonyl (C=O) groups is 1. The molecule has 4 saturated carbocycles. The van der Waals surface area contributed by atoms with Crippen LogP contribution in [0.25, 0.3) is 11.6 Å². The van der Waals surface area contributed by atoms with Gasteiger partial charge in [0.1, 0.15) is 5.75 Å². The molecule has 6 rings (SSSR count). The van der Waals surface area contributed by atoms with E-state index in [1.165, 1.54) is 64.2 Å². The van der Waals surface area contributed by atoms with Gasteiger partial charge in [0.15, 0.2) is 0 Å². The standard InChI is InChI=1S/C42H60N2O3/c1-26(2)7-6-8-27(3)36-17-18-37-34-15-11-29-24-32(19-21-41(29,4)38(34)20-22-42(36,37)5)47-31-13-9-28(10-14-31)23-35(40(45)46)33-16-12-30(43)25-39(33)44/h9-10,12-14,16,23,25-27,29,32,34,36-38H,6-8,11,15,17-22,24,43-44H2,1-5H3,(H,45,46)/t27-,29?,32?,34+,36-,37+,38+,41+,42-/m1/s1. The smallest absolute Gasteiger partial charge is 0.336 e. The fraction of sp³-hybridized carbons (Fsp3) is 0.643. The molecule has 4 aliphatic carbocycles. The van der Waals surface area contributed by atoms with Crippen LogP contribution in [0.4, 0.5) is 11.4 Å². The van der Waals surface area contributed by atoms with Gasteiger partial charge in [-0.1, -0.05) is 66.0 Å². The molecule has 0 saturated heterocycles. The third kappa shape index (κ3) is 6.70. The Morgan fingerprint density at radius 3 is 2.34 bits per heavy atom. The lowest BCUT2D eigenvalue weighted by atomic mass is 9.44. The summed E-state index contributed by atoms with van der Waals surface area (Å²) in [5.41, 5.74) is 15.2. The highest BCUT2D eigenvalue weighted by atomic mass is 16.5. The summed E-state index contributed by atoms with van der Waals surface area (Å²) in [5, 5.41) is 9.89. The van der Waals surface area contributed by atoms with Crippen molar-refractivity contribution in [3.63, 3.8) is 0 Å². The Balaban J connectivity index is 1.08. The fourth-order valence-electron chi connectivity index (χ4n) is 11.4. The summed E-state index contributed by atoms with van der Waals surface area (Å²) in [6, 6.07) is 12.8. The summed E-state index contributed by atoms with van der Waals surface area (Å²) < 4.78 is 6.61. The van der Waals surface area contributed by atoms with Gasteiger partial charge in [-0.3, -0.25) is 0 Å². The molecule has 4 fully saturated rings. The number of nitrogens with two attached hydrogens (primary N) is 2. The lowest BCUT2D eigenvalue weighted by molar-refractivity contribution is -0.130. The first kappa shape index (κ1) is 33.9. The van der Waals surface area contributed by atoms with Crippen molar-refractivity contribution in [3.05, 3.63) is 53.6 Å². The molecule has 4 aliphatic rings. The van der Waals surface area contributed by atoms with Gasteiger partial charge in [0, 0.05) is 16.9 Å². The van der Waals surface area contributed by atoms with Crippen molar-refractivity contribution in [3.8, 4) is 5.75 Å². The quantitative estimate of drug-likeness (QED) is 0.136. The third-order valence-corrected chi connectivity index (χ3v) is 13.9. The monoisotopic (exact) mass is 640 g/mol. The number of nitrogen functional groups attached to an aromatic ring is 2. The molecular weight excluding hydrogens is 580 g/mol. The lowest BCUT2D eigenvalue weighted by Gasteiger charge is -2.61. The molecule has 0 aliphatic heterocycles. The first-order valence-corrected chi connectivity index (χ1v) is 18.8. The van der Waals surface area contributed by atoms with E-state index in [9.17, 15) is 9.90 Å². The zero-order valence-corrected chi connectivity index (χ0v) is 29.6. The highest BCUT2D eigenvalue weighted by Gasteiger charge is 2.60. The Labute approximate surface area is 283 Å². The Bertz CT molecular complexity index is 1450. The maximum Gasteiger partial charge on any atom is 0.336 e. The van der Waals surface area contributed by atoms with E-state index < -0.39 is 5.97 Å². The Hall–Kier alpha value is -2.95. The molecule has 9 atom stereocenters. The Kier molecular flexibility index (Phi) is 9.76. The second-order valence-corrected chi connectivity index (χ2v) is 17.0. The number of fused-ring (bicyclic) bond motifs is 5. The van der Waals surface area contributed by atoms with E-state index in [1.807, 2.05) is 24.3 Å².